The first-order valence-electron chi connectivity index (χ1n) is 7.29. The maximum Gasteiger partial charge on any atom is 0.139 e. The van der Waals surface area contributed by atoms with Crippen molar-refractivity contribution >= 4 is 44.6 Å². The molecule has 0 radical (unpaired) electrons. The number of anilines is 1. The molecule has 1 aliphatic rings. The lowest BCUT2D eigenvalue weighted by Gasteiger charge is -2.34. The minimum atomic E-state index is -0.277. The highest BCUT2D eigenvalue weighted by molar-refractivity contribution is 9.10. The Balaban J connectivity index is 1.90. The molecule has 0 saturated carbocycles. The summed E-state index contributed by atoms with van der Waals surface area (Å²) >= 11 is 4.86. The second-order valence-electron chi connectivity index (χ2n) is 5.49. The Morgan fingerprint density at radius 2 is 2.32 bits per heavy atom. The van der Waals surface area contributed by atoms with Gasteiger partial charge in [0.05, 0.1) is 9.99 Å². The zero-order chi connectivity index (χ0) is 15.5. The lowest BCUT2D eigenvalue weighted by atomic mass is 9.98. The number of benzene rings is 1. The minimum Gasteiger partial charge on any atom is -0.356 e. The normalized spacial score (nSPS) is 18.9. The van der Waals surface area contributed by atoms with Gasteiger partial charge < -0.3 is 4.90 Å². The van der Waals surface area contributed by atoms with Crippen molar-refractivity contribution in [1.82, 2.24) is 14.7 Å². The van der Waals surface area contributed by atoms with E-state index < -0.39 is 0 Å². The number of nitrogens with one attached hydrogen (secondary N) is 1. The minimum absolute atomic E-state index is 0.277. The van der Waals surface area contributed by atoms with Crippen molar-refractivity contribution in [3.05, 3.63) is 28.7 Å². The Labute approximate surface area is 142 Å². The zero-order valence-corrected chi connectivity index (χ0v) is 14.8. The molecule has 1 N–H and O–H groups in total. The number of rotatable bonds is 4. The Kier molecular flexibility index (Phi) is 5.15. The number of aromatic nitrogens is 2. The Bertz CT molecular complexity index is 669. The van der Waals surface area contributed by atoms with Crippen LogP contribution in [-0.2, 0) is 0 Å². The van der Waals surface area contributed by atoms with Gasteiger partial charge in [-0.05, 0) is 53.1 Å². The number of hydrogen-bond acceptors (Lipinski definition) is 5. The fourth-order valence-electron chi connectivity index (χ4n) is 2.91. The number of piperidine rings is 1. The second kappa shape index (κ2) is 7.10. The second-order valence-corrected chi connectivity index (χ2v) is 7.04. The van der Waals surface area contributed by atoms with Crippen molar-refractivity contribution in [2.45, 2.75) is 12.8 Å². The number of halogens is 2. The van der Waals surface area contributed by atoms with E-state index >= 15 is 0 Å². The van der Waals surface area contributed by atoms with Crippen LogP contribution >= 0.6 is 27.9 Å². The maximum atomic E-state index is 13.9. The molecule has 0 bridgehead atoms. The topological polar surface area (TPSA) is 41.0 Å². The molecule has 0 aliphatic carbocycles. The van der Waals surface area contributed by atoms with Gasteiger partial charge in [-0.1, -0.05) is 11.9 Å². The van der Waals surface area contributed by atoms with Gasteiger partial charge in [0.1, 0.15) is 18.0 Å². The van der Waals surface area contributed by atoms with Crippen LogP contribution < -0.4 is 9.62 Å². The van der Waals surface area contributed by atoms with Gasteiger partial charge in [0, 0.05) is 25.0 Å². The molecule has 7 heteroatoms. The van der Waals surface area contributed by atoms with E-state index in [0.717, 1.165) is 42.8 Å². The van der Waals surface area contributed by atoms with Crippen LogP contribution in [0.5, 0.6) is 0 Å². The van der Waals surface area contributed by atoms with Crippen molar-refractivity contribution in [1.29, 1.82) is 0 Å². The van der Waals surface area contributed by atoms with Gasteiger partial charge in [-0.25, -0.2) is 14.4 Å². The lowest BCUT2D eigenvalue weighted by Crippen LogP contribution is -2.39. The quantitative estimate of drug-likeness (QED) is 0.815. The SMILES string of the molecule is CSNCC1CCCN(c2ncnc3cc(Br)c(F)cc23)C1. The van der Waals surface area contributed by atoms with E-state index in [9.17, 15) is 4.39 Å². The van der Waals surface area contributed by atoms with Crippen molar-refractivity contribution in [2.24, 2.45) is 5.92 Å². The van der Waals surface area contributed by atoms with Crippen LogP contribution in [0.15, 0.2) is 22.9 Å². The summed E-state index contributed by atoms with van der Waals surface area (Å²) in [6.07, 6.45) is 5.95. The smallest absolute Gasteiger partial charge is 0.139 e. The molecule has 1 aromatic heterocycles. The van der Waals surface area contributed by atoms with Crippen molar-refractivity contribution in [2.75, 3.05) is 30.8 Å². The van der Waals surface area contributed by atoms with E-state index in [0.29, 0.717) is 10.4 Å². The van der Waals surface area contributed by atoms with Gasteiger partial charge in [0.2, 0.25) is 0 Å². The molecule has 1 unspecified atom stereocenters. The van der Waals surface area contributed by atoms with Gasteiger partial charge in [-0.3, -0.25) is 4.72 Å². The first kappa shape index (κ1) is 16.0. The summed E-state index contributed by atoms with van der Waals surface area (Å²) in [6.45, 7) is 2.89. The van der Waals surface area contributed by atoms with E-state index in [2.05, 4.69) is 35.5 Å². The monoisotopic (exact) mass is 384 g/mol. The summed E-state index contributed by atoms with van der Waals surface area (Å²) in [7, 11) is 0. The molecule has 1 aliphatic heterocycles. The van der Waals surface area contributed by atoms with Crippen LogP contribution in [0.1, 0.15) is 12.8 Å². The first-order valence-corrected chi connectivity index (χ1v) is 9.31. The van der Waals surface area contributed by atoms with Gasteiger partial charge >= 0.3 is 0 Å². The van der Waals surface area contributed by atoms with E-state index in [1.807, 2.05) is 6.26 Å². The fourth-order valence-corrected chi connectivity index (χ4v) is 3.65. The Morgan fingerprint density at radius 3 is 3.14 bits per heavy atom. The molecule has 1 fully saturated rings. The summed E-state index contributed by atoms with van der Waals surface area (Å²) in [5, 5.41) is 0.779. The number of nitrogens with zero attached hydrogens (tertiary/aromatic N) is 3. The molecule has 3 rings (SSSR count). The van der Waals surface area contributed by atoms with Crippen LogP contribution in [0.25, 0.3) is 10.9 Å². The van der Waals surface area contributed by atoms with Crippen molar-refractivity contribution in [3.63, 3.8) is 0 Å². The highest BCUT2D eigenvalue weighted by atomic mass is 79.9. The average molecular weight is 385 g/mol. The average Bonchev–Trinajstić information content (AvgIpc) is 2.54. The van der Waals surface area contributed by atoms with Gasteiger partial charge in [0.25, 0.3) is 0 Å². The third kappa shape index (κ3) is 3.36. The fraction of sp³-hybridized carbons (Fsp3) is 0.467. The van der Waals surface area contributed by atoms with E-state index in [1.165, 1.54) is 12.5 Å². The van der Waals surface area contributed by atoms with Gasteiger partial charge in [-0.15, -0.1) is 0 Å². The van der Waals surface area contributed by atoms with E-state index in [-0.39, 0.29) is 5.82 Å². The molecule has 2 heterocycles. The zero-order valence-electron chi connectivity index (χ0n) is 12.4. The number of fused-ring (bicyclic) bond motifs is 1. The molecule has 1 saturated heterocycles. The van der Waals surface area contributed by atoms with Crippen molar-refractivity contribution in [3.8, 4) is 0 Å². The molecule has 2 aromatic rings. The predicted molar refractivity (Wildman–Crippen MR) is 93.7 cm³/mol. The molecular weight excluding hydrogens is 367 g/mol. The summed E-state index contributed by atoms with van der Waals surface area (Å²) in [6, 6.07) is 3.24. The Morgan fingerprint density at radius 1 is 1.45 bits per heavy atom. The summed E-state index contributed by atoms with van der Waals surface area (Å²) < 4.78 is 17.7. The predicted octanol–water partition coefficient (Wildman–Crippen LogP) is 3.62. The molecule has 0 spiro atoms. The molecule has 4 nitrogen and oxygen atoms in total. The Hall–Kier alpha value is -0.920. The molecule has 0 amide bonds. The summed E-state index contributed by atoms with van der Waals surface area (Å²) in [5.41, 5.74) is 0.766. The summed E-state index contributed by atoms with van der Waals surface area (Å²) in [4.78, 5) is 10.9. The lowest BCUT2D eigenvalue weighted by molar-refractivity contribution is 0.415. The molecule has 118 valence electrons. The maximum absolute atomic E-state index is 13.9. The third-order valence-corrected chi connectivity index (χ3v) is 5.05. The highest BCUT2D eigenvalue weighted by Crippen LogP contribution is 2.30. The van der Waals surface area contributed by atoms with Crippen LogP contribution in [0.3, 0.4) is 0 Å². The van der Waals surface area contributed by atoms with Crippen LogP contribution in [-0.4, -0.2) is 35.9 Å². The van der Waals surface area contributed by atoms with Crippen LogP contribution in [0.4, 0.5) is 10.2 Å². The largest absolute Gasteiger partial charge is 0.356 e. The first-order chi connectivity index (χ1) is 10.7. The van der Waals surface area contributed by atoms with Crippen molar-refractivity contribution < 1.29 is 4.39 Å². The molecule has 22 heavy (non-hydrogen) atoms. The van der Waals surface area contributed by atoms with Gasteiger partial charge in [-0.2, -0.15) is 0 Å². The molecule has 1 atom stereocenters. The molecular formula is C15H18BrFN4S. The standard InChI is InChI=1S/C15H18BrFN4S/c1-22-20-7-10-3-2-4-21(8-10)15-11-5-13(17)12(16)6-14(11)18-9-19-15/h5-6,9-10,20H,2-4,7-8H2,1H3. The third-order valence-electron chi connectivity index (χ3n) is 3.99. The van der Waals surface area contributed by atoms with Gasteiger partial charge in [0.15, 0.2) is 0 Å². The van der Waals surface area contributed by atoms with Crippen LogP contribution in [0.2, 0.25) is 0 Å². The number of hydrogen-bond donors (Lipinski definition) is 1. The molecule has 1 aromatic carbocycles. The van der Waals surface area contributed by atoms with Crippen LogP contribution in [0, 0.1) is 11.7 Å². The van der Waals surface area contributed by atoms with E-state index in [1.54, 1.807) is 24.3 Å². The van der Waals surface area contributed by atoms with E-state index in [4.69, 9.17) is 0 Å². The summed E-state index contributed by atoms with van der Waals surface area (Å²) in [5.74, 6) is 1.15. The highest BCUT2D eigenvalue weighted by Gasteiger charge is 2.22.